The van der Waals surface area contributed by atoms with Gasteiger partial charge in [-0.05, 0) is 49.9 Å². The van der Waals surface area contributed by atoms with Crippen molar-refractivity contribution in [3.05, 3.63) is 50.8 Å². The highest BCUT2D eigenvalue weighted by atomic mass is 16.2. The molecule has 37 heavy (non-hydrogen) atoms. The predicted octanol–water partition coefficient (Wildman–Crippen LogP) is 2.50. The number of amides is 1. The third-order valence-corrected chi connectivity index (χ3v) is 6.64. The van der Waals surface area contributed by atoms with Crippen LogP contribution >= 0.6 is 0 Å². The van der Waals surface area contributed by atoms with Crippen molar-refractivity contribution >= 4 is 46.2 Å². The van der Waals surface area contributed by atoms with Gasteiger partial charge in [-0.25, -0.2) is 0 Å². The summed E-state index contributed by atoms with van der Waals surface area (Å²) in [4.78, 5) is 49.6. The maximum atomic E-state index is 12.2. The summed E-state index contributed by atoms with van der Waals surface area (Å²) >= 11 is 0. The zero-order valence-electron chi connectivity index (χ0n) is 21.0. The van der Waals surface area contributed by atoms with Crippen LogP contribution in [0, 0.1) is 0 Å². The molecule has 1 aromatic heterocycles. The largest absolute Gasteiger partial charge is 0.378 e. The average molecular weight is 505 g/mol. The molecule has 0 spiro atoms. The Morgan fingerprint density at radius 2 is 1.41 bits per heavy atom. The SMILES string of the molecule is CC(=O)Nc1ccc(Nc2c(NCCNc3cc(N4CCCC4)nc(N4CCCC4)n3)c(=O)c2=O)cc1. The normalized spacial score (nSPS) is 15.3. The van der Waals surface area contributed by atoms with E-state index in [-0.39, 0.29) is 17.3 Å². The van der Waals surface area contributed by atoms with Crippen molar-refractivity contribution in [1.29, 1.82) is 0 Å². The van der Waals surface area contributed by atoms with Crippen LogP contribution in [0.25, 0.3) is 0 Å². The van der Waals surface area contributed by atoms with Crippen LogP contribution in [0.4, 0.5) is 40.3 Å². The van der Waals surface area contributed by atoms with Gasteiger partial charge in [-0.2, -0.15) is 9.97 Å². The molecule has 11 nitrogen and oxygen atoms in total. The van der Waals surface area contributed by atoms with E-state index in [4.69, 9.17) is 9.97 Å². The fraction of sp³-hybridized carbons (Fsp3) is 0.423. The number of rotatable bonds is 10. The van der Waals surface area contributed by atoms with Gasteiger partial charge in [0.2, 0.25) is 11.9 Å². The van der Waals surface area contributed by atoms with E-state index in [1.807, 2.05) is 6.07 Å². The molecular formula is C26H32N8O3. The first kappa shape index (κ1) is 24.5. The van der Waals surface area contributed by atoms with Crippen LogP contribution in [-0.4, -0.2) is 55.1 Å². The van der Waals surface area contributed by atoms with Gasteiger partial charge in [-0.1, -0.05) is 0 Å². The Kier molecular flexibility index (Phi) is 7.20. The summed E-state index contributed by atoms with van der Waals surface area (Å²) in [5.41, 5.74) is 0.725. The standard InChI is InChI=1S/C26H32N8O3/c1-17(35)29-18-6-8-19(9-7-18)30-23-22(24(36)25(23)37)28-11-10-27-20-16-21(33-12-2-3-13-33)32-26(31-20)34-14-4-5-15-34/h6-9,16,28,30H,2-5,10-15H2,1H3,(H,29,35)(H,27,31,32). The average Bonchev–Trinajstić information content (AvgIpc) is 3.63. The Bertz CT molecular complexity index is 1290. The Morgan fingerprint density at radius 1 is 0.811 bits per heavy atom. The van der Waals surface area contributed by atoms with Gasteiger partial charge in [-0.3, -0.25) is 14.4 Å². The minimum atomic E-state index is -0.553. The lowest BCUT2D eigenvalue weighted by atomic mass is 10.1. The summed E-state index contributed by atoms with van der Waals surface area (Å²) in [7, 11) is 0. The number of carbonyl (C=O) groups excluding carboxylic acids is 1. The van der Waals surface area contributed by atoms with Crippen LogP contribution in [0.5, 0.6) is 0 Å². The van der Waals surface area contributed by atoms with Gasteiger partial charge < -0.3 is 31.1 Å². The second kappa shape index (κ2) is 10.9. The predicted molar refractivity (Wildman–Crippen MR) is 147 cm³/mol. The van der Waals surface area contributed by atoms with E-state index < -0.39 is 10.9 Å². The highest BCUT2D eigenvalue weighted by Gasteiger charge is 2.22. The highest BCUT2D eigenvalue weighted by molar-refractivity contribution is 5.89. The maximum Gasteiger partial charge on any atom is 0.253 e. The molecule has 3 heterocycles. The summed E-state index contributed by atoms with van der Waals surface area (Å²) in [6.07, 6.45) is 4.66. The van der Waals surface area contributed by atoms with E-state index in [1.165, 1.54) is 19.8 Å². The number of nitrogens with one attached hydrogen (secondary N) is 4. The van der Waals surface area contributed by atoms with Crippen molar-refractivity contribution in [3.63, 3.8) is 0 Å². The Balaban J connectivity index is 1.20. The highest BCUT2D eigenvalue weighted by Crippen LogP contribution is 2.26. The van der Waals surface area contributed by atoms with E-state index in [2.05, 4.69) is 31.1 Å². The monoisotopic (exact) mass is 504 g/mol. The Labute approximate surface area is 215 Å². The third kappa shape index (κ3) is 5.65. The molecule has 2 aromatic carbocycles. The van der Waals surface area contributed by atoms with Crippen LogP contribution in [0.3, 0.4) is 0 Å². The second-order valence-electron chi connectivity index (χ2n) is 9.45. The van der Waals surface area contributed by atoms with E-state index >= 15 is 0 Å². The first-order chi connectivity index (χ1) is 18.0. The summed E-state index contributed by atoms with van der Waals surface area (Å²) in [5, 5.41) is 12.1. The van der Waals surface area contributed by atoms with E-state index in [1.54, 1.807) is 24.3 Å². The molecule has 2 saturated heterocycles. The smallest absolute Gasteiger partial charge is 0.253 e. The number of hydrogen-bond donors (Lipinski definition) is 4. The number of nitrogens with zero attached hydrogens (tertiary/aromatic N) is 4. The molecule has 0 saturated carbocycles. The molecule has 2 aliphatic rings. The lowest BCUT2D eigenvalue weighted by molar-refractivity contribution is -0.114. The third-order valence-electron chi connectivity index (χ3n) is 6.64. The quantitative estimate of drug-likeness (QED) is 0.241. The zero-order chi connectivity index (χ0) is 25.8. The van der Waals surface area contributed by atoms with Crippen LogP contribution in [-0.2, 0) is 4.79 Å². The van der Waals surface area contributed by atoms with E-state index in [0.29, 0.717) is 24.5 Å². The molecule has 1 amide bonds. The molecular weight excluding hydrogens is 472 g/mol. The van der Waals surface area contributed by atoms with Crippen LogP contribution in [0.1, 0.15) is 32.6 Å². The summed E-state index contributed by atoms with van der Waals surface area (Å²) < 4.78 is 0. The molecule has 0 bridgehead atoms. The Morgan fingerprint density at radius 3 is 2.08 bits per heavy atom. The van der Waals surface area contributed by atoms with Crippen molar-refractivity contribution in [2.24, 2.45) is 0 Å². The van der Waals surface area contributed by atoms with Crippen molar-refractivity contribution in [3.8, 4) is 0 Å². The summed E-state index contributed by atoms with van der Waals surface area (Å²) in [6.45, 7) is 6.34. The number of carbonyl (C=O) groups is 1. The topological polar surface area (TPSA) is 132 Å². The maximum absolute atomic E-state index is 12.2. The molecule has 5 rings (SSSR count). The first-order valence-electron chi connectivity index (χ1n) is 12.8. The fourth-order valence-corrected chi connectivity index (χ4v) is 4.72. The molecule has 11 heteroatoms. The molecule has 0 radical (unpaired) electrons. The Hall–Kier alpha value is -4.15. The molecule has 3 aromatic rings. The fourth-order valence-electron chi connectivity index (χ4n) is 4.72. The van der Waals surface area contributed by atoms with Gasteiger partial charge in [0.15, 0.2) is 0 Å². The van der Waals surface area contributed by atoms with Gasteiger partial charge in [-0.15, -0.1) is 0 Å². The van der Waals surface area contributed by atoms with Crippen molar-refractivity contribution in [2.75, 3.05) is 70.3 Å². The van der Waals surface area contributed by atoms with Crippen molar-refractivity contribution in [1.82, 2.24) is 9.97 Å². The molecule has 194 valence electrons. The van der Waals surface area contributed by atoms with Crippen LogP contribution in [0.2, 0.25) is 0 Å². The molecule has 0 aliphatic carbocycles. The first-order valence-corrected chi connectivity index (χ1v) is 12.8. The molecule has 0 unspecified atom stereocenters. The van der Waals surface area contributed by atoms with Crippen molar-refractivity contribution < 1.29 is 4.79 Å². The summed E-state index contributed by atoms with van der Waals surface area (Å²) in [6, 6.07) is 8.90. The molecule has 2 aliphatic heterocycles. The molecule has 0 atom stereocenters. The zero-order valence-corrected chi connectivity index (χ0v) is 21.0. The number of anilines is 7. The van der Waals surface area contributed by atoms with Crippen molar-refractivity contribution in [2.45, 2.75) is 32.6 Å². The van der Waals surface area contributed by atoms with Gasteiger partial charge in [0.25, 0.3) is 10.9 Å². The van der Waals surface area contributed by atoms with Crippen LogP contribution < -0.4 is 41.9 Å². The van der Waals surface area contributed by atoms with Gasteiger partial charge >= 0.3 is 0 Å². The van der Waals surface area contributed by atoms with Gasteiger partial charge in [0.1, 0.15) is 23.0 Å². The van der Waals surface area contributed by atoms with Gasteiger partial charge in [0.05, 0.1) is 0 Å². The number of benzene rings is 1. The van der Waals surface area contributed by atoms with Gasteiger partial charge in [0, 0.05) is 63.6 Å². The number of hydrogen-bond acceptors (Lipinski definition) is 10. The van der Waals surface area contributed by atoms with Crippen LogP contribution in [0.15, 0.2) is 39.9 Å². The van der Waals surface area contributed by atoms with E-state index in [0.717, 1.165) is 56.6 Å². The molecule has 2 fully saturated rings. The second-order valence-corrected chi connectivity index (χ2v) is 9.45. The lowest BCUT2D eigenvalue weighted by Gasteiger charge is -2.22. The summed E-state index contributed by atoms with van der Waals surface area (Å²) in [5.74, 6) is 2.30. The minimum Gasteiger partial charge on any atom is -0.378 e. The lowest BCUT2D eigenvalue weighted by Crippen LogP contribution is -2.37. The molecule has 4 N–H and O–H groups in total. The minimum absolute atomic E-state index is 0.162. The van der Waals surface area contributed by atoms with E-state index in [9.17, 15) is 14.4 Å². The number of aromatic nitrogens is 2.